The lowest BCUT2D eigenvalue weighted by atomic mass is 10.2. The minimum Gasteiger partial charge on any atom is -0.495 e. The molecule has 0 aromatic heterocycles. The predicted octanol–water partition coefficient (Wildman–Crippen LogP) is 3.67. The molecule has 0 amide bonds. The molecule has 0 aliphatic carbocycles. The average Bonchev–Trinajstić information content (AvgIpc) is 2.34. The van der Waals surface area contributed by atoms with Crippen molar-refractivity contribution in [2.75, 3.05) is 18.2 Å². The molecular weight excluding hydrogens is 236 g/mol. The number of benzene rings is 2. The fraction of sp³-hybridized carbons (Fsp3) is 0.0769. The molecule has 0 heterocycles. The molecule has 0 radical (unpaired) electrons. The number of ether oxygens (including phenoxy) is 1. The quantitative estimate of drug-likeness (QED) is 0.815. The summed E-state index contributed by atoms with van der Waals surface area (Å²) in [6, 6.07) is 13.0. The van der Waals surface area contributed by atoms with Gasteiger partial charge in [0, 0.05) is 11.8 Å². The van der Waals surface area contributed by atoms with Crippen LogP contribution < -0.4 is 15.8 Å². The van der Waals surface area contributed by atoms with Crippen molar-refractivity contribution in [2.45, 2.75) is 0 Å². The topological polar surface area (TPSA) is 47.3 Å². The lowest BCUT2D eigenvalue weighted by Gasteiger charge is -2.10. The van der Waals surface area contributed by atoms with Crippen LogP contribution in [0.2, 0.25) is 5.02 Å². The minimum absolute atomic E-state index is 0.609. The molecule has 0 aliphatic rings. The van der Waals surface area contributed by atoms with Crippen molar-refractivity contribution >= 4 is 28.7 Å². The number of rotatable bonds is 3. The van der Waals surface area contributed by atoms with Crippen LogP contribution in [0.5, 0.6) is 5.75 Å². The first-order valence-corrected chi connectivity index (χ1v) is 5.53. The van der Waals surface area contributed by atoms with E-state index in [-0.39, 0.29) is 0 Å². The number of methoxy groups -OCH3 is 1. The van der Waals surface area contributed by atoms with E-state index in [1.54, 1.807) is 13.2 Å². The van der Waals surface area contributed by atoms with Crippen molar-refractivity contribution in [3.63, 3.8) is 0 Å². The number of nitrogens with two attached hydrogens (primary N) is 1. The maximum atomic E-state index is 6.06. The van der Waals surface area contributed by atoms with E-state index in [0.29, 0.717) is 16.5 Å². The van der Waals surface area contributed by atoms with Gasteiger partial charge < -0.3 is 15.8 Å². The first-order chi connectivity index (χ1) is 8.20. The zero-order valence-electron chi connectivity index (χ0n) is 9.41. The molecule has 0 atom stereocenters. The summed E-state index contributed by atoms with van der Waals surface area (Å²) < 4.78 is 5.16. The van der Waals surface area contributed by atoms with Gasteiger partial charge in [-0.1, -0.05) is 23.7 Å². The summed E-state index contributed by atoms with van der Waals surface area (Å²) in [6.07, 6.45) is 0. The zero-order valence-corrected chi connectivity index (χ0v) is 10.2. The van der Waals surface area contributed by atoms with Gasteiger partial charge in [-0.05, 0) is 24.3 Å². The number of halogens is 1. The second-order valence-electron chi connectivity index (χ2n) is 3.56. The molecule has 0 fully saturated rings. The second kappa shape index (κ2) is 4.97. The molecule has 0 saturated carbocycles. The van der Waals surface area contributed by atoms with Crippen LogP contribution in [0.3, 0.4) is 0 Å². The largest absolute Gasteiger partial charge is 0.495 e. The van der Waals surface area contributed by atoms with Gasteiger partial charge in [-0.25, -0.2) is 0 Å². The van der Waals surface area contributed by atoms with E-state index in [1.165, 1.54) is 0 Å². The van der Waals surface area contributed by atoms with Gasteiger partial charge >= 0.3 is 0 Å². The Morgan fingerprint density at radius 1 is 1.18 bits per heavy atom. The van der Waals surface area contributed by atoms with Gasteiger partial charge in [0.25, 0.3) is 0 Å². The van der Waals surface area contributed by atoms with E-state index in [1.807, 2.05) is 36.4 Å². The lowest BCUT2D eigenvalue weighted by molar-refractivity contribution is 0.417. The maximum Gasteiger partial charge on any atom is 0.143 e. The summed E-state index contributed by atoms with van der Waals surface area (Å²) in [6.45, 7) is 0. The number of para-hydroxylation sites is 1. The van der Waals surface area contributed by atoms with Crippen LogP contribution in [0.4, 0.5) is 17.1 Å². The number of nitrogen functional groups attached to an aromatic ring is 1. The number of nitrogens with one attached hydrogen (secondary N) is 1. The molecule has 2 aromatic carbocycles. The van der Waals surface area contributed by atoms with Crippen molar-refractivity contribution in [2.24, 2.45) is 0 Å². The Hall–Kier alpha value is -1.87. The van der Waals surface area contributed by atoms with E-state index in [9.17, 15) is 0 Å². The van der Waals surface area contributed by atoms with Crippen molar-refractivity contribution in [3.05, 3.63) is 47.5 Å². The number of hydrogen-bond donors (Lipinski definition) is 2. The smallest absolute Gasteiger partial charge is 0.143 e. The normalized spacial score (nSPS) is 10.0. The van der Waals surface area contributed by atoms with Crippen LogP contribution in [0.15, 0.2) is 42.5 Å². The number of anilines is 3. The summed E-state index contributed by atoms with van der Waals surface area (Å²) in [4.78, 5) is 0. The Bertz CT molecular complexity index is 529. The first-order valence-electron chi connectivity index (χ1n) is 5.16. The predicted molar refractivity (Wildman–Crippen MR) is 72.1 cm³/mol. The molecule has 3 N–H and O–H groups in total. The van der Waals surface area contributed by atoms with E-state index in [0.717, 1.165) is 11.4 Å². The Morgan fingerprint density at radius 3 is 2.65 bits per heavy atom. The third-order valence-electron chi connectivity index (χ3n) is 2.39. The summed E-state index contributed by atoms with van der Waals surface area (Å²) in [5.41, 5.74) is 8.08. The molecule has 17 heavy (non-hydrogen) atoms. The van der Waals surface area contributed by atoms with Crippen molar-refractivity contribution in [3.8, 4) is 5.75 Å². The van der Waals surface area contributed by atoms with Crippen LogP contribution in [0, 0.1) is 0 Å². The average molecular weight is 249 g/mol. The minimum atomic E-state index is 0.609. The van der Waals surface area contributed by atoms with Crippen LogP contribution in [0.1, 0.15) is 0 Å². The zero-order chi connectivity index (χ0) is 12.3. The highest BCUT2D eigenvalue weighted by atomic mass is 35.5. The van der Waals surface area contributed by atoms with Crippen LogP contribution in [-0.2, 0) is 0 Å². The molecule has 0 saturated heterocycles. The summed E-state index contributed by atoms with van der Waals surface area (Å²) >= 11 is 6.06. The van der Waals surface area contributed by atoms with Crippen LogP contribution >= 0.6 is 11.6 Å². The summed E-state index contributed by atoms with van der Waals surface area (Å²) in [5.74, 6) is 0.641. The van der Waals surface area contributed by atoms with E-state index in [2.05, 4.69) is 5.32 Å². The van der Waals surface area contributed by atoms with Gasteiger partial charge in [-0.3, -0.25) is 0 Å². The fourth-order valence-corrected chi connectivity index (χ4v) is 1.69. The molecule has 4 heteroatoms. The van der Waals surface area contributed by atoms with Gasteiger partial charge in [-0.2, -0.15) is 0 Å². The highest BCUT2D eigenvalue weighted by molar-refractivity contribution is 6.33. The molecule has 0 spiro atoms. The maximum absolute atomic E-state index is 6.06. The van der Waals surface area contributed by atoms with Gasteiger partial charge in [0.15, 0.2) is 0 Å². The SMILES string of the molecule is COc1cc(Nc2ccccc2Cl)ccc1N. The van der Waals surface area contributed by atoms with Crippen molar-refractivity contribution < 1.29 is 4.74 Å². The van der Waals surface area contributed by atoms with Crippen molar-refractivity contribution in [1.29, 1.82) is 0 Å². The fourth-order valence-electron chi connectivity index (χ4n) is 1.51. The van der Waals surface area contributed by atoms with Gasteiger partial charge in [0.2, 0.25) is 0 Å². The standard InChI is InChI=1S/C13H13ClN2O/c1-17-13-8-9(6-7-11(13)15)16-12-5-3-2-4-10(12)14/h2-8,16H,15H2,1H3. The number of hydrogen-bond acceptors (Lipinski definition) is 3. The van der Waals surface area contributed by atoms with Crippen LogP contribution in [0.25, 0.3) is 0 Å². The molecule has 3 nitrogen and oxygen atoms in total. The Morgan fingerprint density at radius 2 is 1.94 bits per heavy atom. The highest BCUT2D eigenvalue weighted by Crippen LogP contribution is 2.29. The summed E-state index contributed by atoms with van der Waals surface area (Å²) in [5, 5.41) is 3.88. The third-order valence-corrected chi connectivity index (χ3v) is 2.72. The lowest BCUT2D eigenvalue weighted by Crippen LogP contribution is -1.95. The monoisotopic (exact) mass is 248 g/mol. The molecule has 2 aromatic rings. The first kappa shape index (κ1) is 11.6. The van der Waals surface area contributed by atoms with E-state index < -0.39 is 0 Å². The molecule has 0 bridgehead atoms. The molecule has 2 rings (SSSR count). The Balaban J connectivity index is 2.28. The molecular formula is C13H13ClN2O. The van der Waals surface area contributed by atoms with E-state index in [4.69, 9.17) is 22.1 Å². The van der Waals surface area contributed by atoms with Gasteiger partial charge in [0.05, 0.1) is 23.5 Å². The Kier molecular flexibility index (Phi) is 3.40. The van der Waals surface area contributed by atoms with E-state index >= 15 is 0 Å². The highest BCUT2D eigenvalue weighted by Gasteiger charge is 2.03. The van der Waals surface area contributed by atoms with Gasteiger partial charge in [0.1, 0.15) is 5.75 Å². The molecule has 88 valence electrons. The summed E-state index contributed by atoms with van der Waals surface area (Å²) in [7, 11) is 1.59. The van der Waals surface area contributed by atoms with Crippen LogP contribution in [-0.4, -0.2) is 7.11 Å². The van der Waals surface area contributed by atoms with Gasteiger partial charge in [-0.15, -0.1) is 0 Å². The Labute approximate surface area is 105 Å². The second-order valence-corrected chi connectivity index (χ2v) is 3.97. The molecule has 0 unspecified atom stereocenters. The molecule has 0 aliphatic heterocycles. The van der Waals surface area contributed by atoms with Crippen molar-refractivity contribution in [1.82, 2.24) is 0 Å². The third kappa shape index (κ3) is 2.63.